The van der Waals surface area contributed by atoms with Crippen LogP contribution in [0.3, 0.4) is 0 Å². The number of nitrogens with one attached hydrogen (secondary N) is 2. The molecule has 0 amide bonds. The lowest BCUT2D eigenvalue weighted by Gasteiger charge is -2.40. The van der Waals surface area contributed by atoms with Crippen LogP contribution < -0.4 is 10.9 Å². The van der Waals surface area contributed by atoms with Crippen molar-refractivity contribution >= 4 is 16.5 Å². The van der Waals surface area contributed by atoms with Crippen LogP contribution in [0.4, 0.5) is 14.5 Å². The van der Waals surface area contributed by atoms with Gasteiger partial charge in [0, 0.05) is 42.5 Å². The molecule has 1 saturated heterocycles. The van der Waals surface area contributed by atoms with Crippen LogP contribution in [0.15, 0.2) is 47.4 Å². The van der Waals surface area contributed by atoms with Gasteiger partial charge < -0.3 is 10.3 Å². The number of halogens is 2. The Labute approximate surface area is 149 Å². The van der Waals surface area contributed by atoms with E-state index in [9.17, 15) is 13.6 Å². The van der Waals surface area contributed by atoms with Gasteiger partial charge >= 0.3 is 0 Å². The minimum atomic E-state index is -0.760. The van der Waals surface area contributed by atoms with Gasteiger partial charge in [0.2, 0.25) is 0 Å². The Bertz CT molecular complexity index is 1030. The highest BCUT2D eigenvalue weighted by Crippen LogP contribution is 2.23. The fourth-order valence-corrected chi connectivity index (χ4v) is 3.36. The minimum Gasteiger partial charge on any atom is -0.380 e. The van der Waals surface area contributed by atoms with E-state index in [0.717, 1.165) is 24.2 Å². The van der Waals surface area contributed by atoms with Crippen LogP contribution in [0.5, 0.6) is 0 Å². The maximum atomic E-state index is 14.0. The van der Waals surface area contributed by atoms with Crippen molar-refractivity contribution < 1.29 is 8.78 Å². The van der Waals surface area contributed by atoms with Crippen LogP contribution in [-0.2, 0) is 6.54 Å². The molecule has 0 aliphatic carbocycles. The smallest absolute Gasteiger partial charge is 0.255 e. The number of aromatic amines is 1. The molecule has 2 heterocycles. The molecule has 0 unspecified atom stereocenters. The second kappa shape index (κ2) is 6.53. The van der Waals surface area contributed by atoms with Gasteiger partial charge in [-0.1, -0.05) is 12.1 Å². The summed E-state index contributed by atoms with van der Waals surface area (Å²) in [5.74, 6) is -1.51. The molecule has 134 valence electrons. The van der Waals surface area contributed by atoms with Crippen molar-refractivity contribution in [2.45, 2.75) is 19.5 Å². The second-order valence-electron chi connectivity index (χ2n) is 6.81. The van der Waals surface area contributed by atoms with Gasteiger partial charge in [-0.05, 0) is 42.1 Å². The molecule has 0 saturated carbocycles. The number of pyridine rings is 1. The zero-order valence-corrected chi connectivity index (χ0v) is 14.4. The maximum absolute atomic E-state index is 14.0. The summed E-state index contributed by atoms with van der Waals surface area (Å²) in [6.07, 6.45) is 1.63. The molecule has 1 aromatic heterocycles. The molecule has 4 nitrogen and oxygen atoms in total. The number of hydrogen-bond acceptors (Lipinski definition) is 3. The Morgan fingerprint density at radius 3 is 2.77 bits per heavy atom. The first kappa shape index (κ1) is 16.7. The van der Waals surface area contributed by atoms with Crippen LogP contribution in [0.2, 0.25) is 0 Å². The van der Waals surface area contributed by atoms with Gasteiger partial charge in [0.25, 0.3) is 5.56 Å². The molecule has 4 rings (SSSR count). The van der Waals surface area contributed by atoms with E-state index in [2.05, 4.69) is 15.2 Å². The third-order valence-corrected chi connectivity index (χ3v) is 4.85. The zero-order chi connectivity index (χ0) is 18.3. The first-order chi connectivity index (χ1) is 12.5. The highest BCUT2D eigenvalue weighted by Gasteiger charge is 2.27. The summed E-state index contributed by atoms with van der Waals surface area (Å²) in [5.41, 5.74) is 1.55. The molecule has 2 aromatic carbocycles. The first-order valence-electron chi connectivity index (χ1n) is 8.55. The average molecular weight is 355 g/mol. The van der Waals surface area contributed by atoms with Crippen molar-refractivity contribution in [3.8, 4) is 0 Å². The molecular weight excluding hydrogens is 336 g/mol. The highest BCUT2D eigenvalue weighted by molar-refractivity contribution is 5.84. The van der Waals surface area contributed by atoms with E-state index in [0.29, 0.717) is 23.1 Å². The van der Waals surface area contributed by atoms with E-state index >= 15 is 0 Å². The maximum Gasteiger partial charge on any atom is 0.255 e. The molecular formula is C20H19F2N3O. The summed E-state index contributed by atoms with van der Waals surface area (Å²) >= 11 is 0. The zero-order valence-electron chi connectivity index (χ0n) is 14.4. The fraction of sp³-hybridized carbons (Fsp3) is 0.250. The normalized spacial score (nSPS) is 15.2. The van der Waals surface area contributed by atoms with E-state index in [1.807, 2.05) is 18.2 Å². The Balaban J connectivity index is 1.38. The number of nitrogens with zero attached hydrogens (tertiary/aromatic N) is 1. The Morgan fingerprint density at radius 2 is 1.96 bits per heavy atom. The van der Waals surface area contributed by atoms with Crippen molar-refractivity contribution in [1.82, 2.24) is 9.88 Å². The molecule has 6 heteroatoms. The molecule has 1 aliphatic rings. The number of likely N-dealkylation sites (tertiary alicyclic amines) is 1. The van der Waals surface area contributed by atoms with Crippen molar-refractivity contribution in [1.29, 1.82) is 0 Å². The standard InChI is InChI=1S/C20H19F2N3O/c1-12-2-3-14(19(22)18(12)21)9-25-10-16(11-25)24-15-4-5-17-13(8-15)6-7-23-20(17)26/h2-8,16,24H,9-11H2,1H3,(H,23,26). The largest absolute Gasteiger partial charge is 0.380 e. The van der Waals surface area contributed by atoms with E-state index in [-0.39, 0.29) is 11.6 Å². The lowest BCUT2D eigenvalue weighted by molar-refractivity contribution is 0.151. The lowest BCUT2D eigenvalue weighted by Crippen LogP contribution is -2.54. The minimum absolute atomic E-state index is 0.101. The first-order valence-corrected chi connectivity index (χ1v) is 8.55. The predicted octanol–water partition coefficient (Wildman–Crippen LogP) is 3.41. The van der Waals surface area contributed by atoms with Gasteiger partial charge in [0.05, 0.1) is 6.04 Å². The number of anilines is 1. The summed E-state index contributed by atoms with van der Waals surface area (Å²) < 4.78 is 27.6. The number of rotatable bonds is 4. The monoisotopic (exact) mass is 355 g/mol. The highest BCUT2D eigenvalue weighted by atomic mass is 19.2. The van der Waals surface area contributed by atoms with Gasteiger partial charge in [-0.15, -0.1) is 0 Å². The predicted molar refractivity (Wildman–Crippen MR) is 98.4 cm³/mol. The van der Waals surface area contributed by atoms with Crippen molar-refractivity contribution in [2.75, 3.05) is 18.4 Å². The Kier molecular flexibility index (Phi) is 4.20. The van der Waals surface area contributed by atoms with E-state index in [1.54, 1.807) is 31.3 Å². The molecule has 2 N–H and O–H groups in total. The summed E-state index contributed by atoms with van der Waals surface area (Å²) in [6.45, 7) is 3.46. The molecule has 0 spiro atoms. The lowest BCUT2D eigenvalue weighted by atomic mass is 10.0. The van der Waals surface area contributed by atoms with Crippen LogP contribution in [0.1, 0.15) is 11.1 Å². The molecule has 26 heavy (non-hydrogen) atoms. The summed E-state index contributed by atoms with van der Waals surface area (Å²) in [6, 6.07) is 11.0. The van der Waals surface area contributed by atoms with Crippen LogP contribution in [0.25, 0.3) is 10.8 Å². The van der Waals surface area contributed by atoms with Gasteiger partial charge in [-0.25, -0.2) is 8.78 Å². The SMILES string of the molecule is Cc1ccc(CN2CC(Nc3ccc4c(=O)[nH]ccc4c3)C2)c(F)c1F. The number of aromatic nitrogens is 1. The van der Waals surface area contributed by atoms with E-state index in [4.69, 9.17) is 0 Å². The van der Waals surface area contributed by atoms with Gasteiger partial charge in [0.15, 0.2) is 11.6 Å². The Hall–Kier alpha value is -2.73. The summed E-state index contributed by atoms with van der Waals surface area (Å²) in [5, 5.41) is 4.96. The molecule has 0 bridgehead atoms. The Morgan fingerprint density at radius 1 is 1.15 bits per heavy atom. The molecule has 0 atom stereocenters. The number of aryl methyl sites for hydroxylation is 1. The molecule has 0 radical (unpaired) electrons. The third kappa shape index (κ3) is 3.08. The molecule has 3 aromatic rings. The van der Waals surface area contributed by atoms with Crippen LogP contribution in [0, 0.1) is 18.6 Å². The second-order valence-corrected chi connectivity index (χ2v) is 6.81. The number of benzene rings is 2. The third-order valence-electron chi connectivity index (χ3n) is 4.85. The van der Waals surface area contributed by atoms with Crippen molar-refractivity contribution in [3.05, 3.63) is 75.7 Å². The van der Waals surface area contributed by atoms with Gasteiger partial charge in [-0.2, -0.15) is 0 Å². The van der Waals surface area contributed by atoms with Crippen LogP contribution >= 0.6 is 0 Å². The quantitative estimate of drug-likeness (QED) is 0.754. The van der Waals surface area contributed by atoms with Crippen molar-refractivity contribution in [3.63, 3.8) is 0 Å². The average Bonchev–Trinajstić information content (AvgIpc) is 2.60. The number of hydrogen-bond donors (Lipinski definition) is 2. The van der Waals surface area contributed by atoms with Gasteiger partial charge in [-0.3, -0.25) is 9.69 Å². The summed E-state index contributed by atoms with van der Waals surface area (Å²) in [4.78, 5) is 16.5. The number of H-pyrrole nitrogens is 1. The van der Waals surface area contributed by atoms with Crippen LogP contribution in [-0.4, -0.2) is 29.0 Å². The topological polar surface area (TPSA) is 48.1 Å². The van der Waals surface area contributed by atoms with Gasteiger partial charge in [0.1, 0.15) is 0 Å². The molecule has 1 aliphatic heterocycles. The molecule has 1 fully saturated rings. The fourth-order valence-electron chi connectivity index (χ4n) is 3.36. The summed E-state index contributed by atoms with van der Waals surface area (Å²) in [7, 11) is 0. The van der Waals surface area contributed by atoms with E-state index < -0.39 is 11.6 Å². The van der Waals surface area contributed by atoms with E-state index in [1.165, 1.54) is 0 Å². The number of fused-ring (bicyclic) bond motifs is 1. The van der Waals surface area contributed by atoms with Crippen molar-refractivity contribution in [2.24, 2.45) is 0 Å².